The number of carbonyl (C=O) groups excluding carboxylic acids is 1. The third kappa shape index (κ3) is 5.95. The van der Waals surface area contributed by atoms with Crippen molar-refractivity contribution in [2.24, 2.45) is 0 Å². The van der Waals surface area contributed by atoms with Gasteiger partial charge in [-0.25, -0.2) is 4.79 Å². The molecule has 0 saturated carbocycles. The number of methoxy groups -OCH3 is 1. The minimum atomic E-state index is -1.05. The van der Waals surface area contributed by atoms with Gasteiger partial charge in [0.1, 0.15) is 6.04 Å². The molecule has 1 aromatic carbocycles. The monoisotopic (exact) mass is 313 g/mol. The molecular weight excluding hydrogens is 294 g/mol. The second kappa shape index (κ2) is 9.12. The number of rotatable bonds is 9. The molecule has 0 aliphatic carbocycles. The van der Waals surface area contributed by atoms with Crippen LogP contribution < -0.4 is 14.8 Å². The normalized spacial score (nSPS) is 11.5. The van der Waals surface area contributed by atoms with Gasteiger partial charge in [-0.05, 0) is 30.6 Å². The first-order chi connectivity index (χ1) is 10.1. The fourth-order valence-corrected chi connectivity index (χ4v) is 2.08. The number of ether oxygens (including phenoxy) is 2. The molecule has 2 N–H and O–H groups in total. The SMILES string of the molecule is COc1ccccc1OCC(=O)N[C@H](CCSC)C(=O)O. The Hall–Kier alpha value is -1.89. The van der Waals surface area contributed by atoms with Crippen LogP contribution in [0.3, 0.4) is 0 Å². The van der Waals surface area contributed by atoms with Gasteiger partial charge in [-0.2, -0.15) is 11.8 Å². The molecule has 6 nitrogen and oxygen atoms in total. The number of carboxylic acids is 1. The van der Waals surface area contributed by atoms with Crippen LogP contribution in [0.5, 0.6) is 11.5 Å². The maximum atomic E-state index is 11.7. The number of carbonyl (C=O) groups is 2. The zero-order valence-corrected chi connectivity index (χ0v) is 12.8. The van der Waals surface area contributed by atoms with Gasteiger partial charge in [0.05, 0.1) is 7.11 Å². The largest absolute Gasteiger partial charge is 0.493 e. The Kier molecular flexibility index (Phi) is 7.45. The lowest BCUT2D eigenvalue weighted by Gasteiger charge is -2.15. The summed E-state index contributed by atoms with van der Waals surface area (Å²) in [6.07, 6.45) is 2.25. The highest BCUT2D eigenvalue weighted by molar-refractivity contribution is 7.98. The number of benzene rings is 1. The average Bonchev–Trinajstić information content (AvgIpc) is 2.49. The van der Waals surface area contributed by atoms with Crippen molar-refractivity contribution in [3.63, 3.8) is 0 Å². The van der Waals surface area contributed by atoms with Gasteiger partial charge < -0.3 is 19.9 Å². The molecule has 0 aromatic heterocycles. The Labute approximate surface area is 127 Å². The van der Waals surface area contributed by atoms with E-state index >= 15 is 0 Å². The van der Waals surface area contributed by atoms with Crippen LogP contribution in [0.15, 0.2) is 24.3 Å². The summed E-state index contributed by atoms with van der Waals surface area (Å²) >= 11 is 1.53. The van der Waals surface area contributed by atoms with Crippen LogP contribution in [0.4, 0.5) is 0 Å². The molecule has 1 amide bonds. The molecule has 0 aliphatic heterocycles. The molecule has 1 atom stereocenters. The summed E-state index contributed by atoms with van der Waals surface area (Å²) in [7, 11) is 1.51. The molecule has 0 spiro atoms. The lowest BCUT2D eigenvalue weighted by Crippen LogP contribution is -2.43. The predicted octanol–water partition coefficient (Wildman–Crippen LogP) is 1.40. The molecule has 0 fully saturated rings. The molecule has 7 heteroatoms. The Morgan fingerprint density at radius 2 is 2.00 bits per heavy atom. The van der Waals surface area contributed by atoms with E-state index in [1.807, 2.05) is 6.26 Å². The fourth-order valence-electron chi connectivity index (χ4n) is 1.61. The zero-order valence-electron chi connectivity index (χ0n) is 12.0. The van der Waals surface area contributed by atoms with Crippen molar-refractivity contribution in [2.75, 3.05) is 25.7 Å². The highest BCUT2D eigenvalue weighted by Crippen LogP contribution is 2.25. The van der Waals surface area contributed by atoms with Gasteiger partial charge in [0.25, 0.3) is 5.91 Å². The molecule has 0 aliphatic rings. The van der Waals surface area contributed by atoms with Crippen LogP contribution >= 0.6 is 11.8 Å². The van der Waals surface area contributed by atoms with Crippen LogP contribution in [0.2, 0.25) is 0 Å². The molecule has 0 unspecified atom stereocenters. The summed E-state index contributed by atoms with van der Waals surface area (Å²) in [5.41, 5.74) is 0. The Balaban J connectivity index is 2.50. The van der Waals surface area contributed by atoms with E-state index in [0.29, 0.717) is 23.7 Å². The molecule has 0 heterocycles. The van der Waals surface area contributed by atoms with Crippen molar-refractivity contribution in [1.29, 1.82) is 0 Å². The molecule has 1 rings (SSSR count). The van der Waals surface area contributed by atoms with Crippen LogP contribution in [-0.4, -0.2) is 48.8 Å². The third-order valence-electron chi connectivity index (χ3n) is 2.67. The lowest BCUT2D eigenvalue weighted by molar-refractivity contribution is -0.142. The topological polar surface area (TPSA) is 84.9 Å². The molecule has 21 heavy (non-hydrogen) atoms. The summed E-state index contributed by atoms with van der Waals surface area (Å²) in [6.45, 7) is -0.260. The Bertz CT molecular complexity index is 480. The molecular formula is C14H19NO5S. The van der Waals surface area contributed by atoms with Crippen LogP contribution in [0.1, 0.15) is 6.42 Å². The van der Waals surface area contributed by atoms with Gasteiger partial charge in [-0.15, -0.1) is 0 Å². The van der Waals surface area contributed by atoms with Crippen molar-refractivity contribution in [1.82, 2.24) is 5.32 Å². The molecule has 1 aromatic rings. The minimum Gasteiger partial charge on any atom is -0.493 e. The number of aliphatic carboxylic acids is 1. The highest BCUT2D eigenvalue weighted by atomic mass is 32.2. The summed E-state index contributed by atoms with van der Waals surface area (Å²) in [5.74, 6) is 0.0858. The summed E-state index contributed by atoms with van der Waals surface area (Å²) in [6, 6.07) is 6.04. The number of amides is 1. The zero-order chi connectivity index (χ0) is 15.7. The van der Waals surface area contributed by atoms with Crippen LogP contribution in [0.25, 0.3) is 0 Å². The van der Waals surface area contributed by atoms with Crippen molar-refractivity contribution >= 4 is 23.6 Å². The van der Waals surface area contributed by atoms with Crippen LogP contribution in [0, 0.1) is 0 Å². The fraction of sp³-hybridized carbons (Fsp3) is 0.429. The summed E-state index contributed by atoms with van der Waals surface area (Å²) < 4.78 is 10.4. The van der Waals surface area contributed by atoms with E-state index in [4.69, 9.17) is 14.6 Å². The van der Waals surface area contributed by atoms with Gasteiger partial charge in [0, 0.05) is 0 Å². The predicted molar refractivity (Wildman–Crippen MR) is 81.1 cm³/mol. The second-order valence-electron chi connectivity index (χ2n) is 4.18. The van der Waals surface area contributed by atoms with E-state index in [1.54, 1.807) is 24.3 Å². The molecule has 0 bridgehead atoms. The van der Waals surface area contributed by atoms with Crippen LogP contribution in [-0.2, 0) is 9.59 Å². The first kappa shape index (κ1) is 17.2. The van der Waals surface area contributed by atoms with Crippen molar-refractivity contribution in [3.8, 4) is 11.5 Å². The minimum absolute atomic E-state index is 0.260. The maximum Gasteiger partial charge on any atom is 0.326 e. The molecule has 0 saturated heterocycles. The van der Waals surface area contributed by atoms with Crippen molar-refractivity contribution < 1.29 is 24.2 Å². The van der Waals surface area contributed by atoms with Crippen molar-refractivity contribution in [3.05, 3.63) is 24.3 Å². The van der Waals surface area contributed by atoms with E-state index in [2.05, 4.69) is 5.32 Å². The highest BCUT2D eigenvalue weighted by Gasteiger charge is 2.19. The lowest BCUT2D eigenvalue weighted by atomic mass is 10.2. The number of thioether (sulfide) groups is 1. The van der Waals surface area contributed by atoms with E-state index in [1.165, 1.54) is 18.9 Å². The number of hydrogen-bond donors (Lipinski definition) is 2. The average molecular weight is 313 g/mol. The Morgan fingerprint density at radius 1 is 1.33 bits per heavy atom. The quantitative estimate of drug-likeness (QED) is 0.717. The number of carboxylic acid groups (broad SMARTS) is 1. The molecule has 116 valence electrons. The maximum absolute atomic E-state index is 11.7. The van der Waals surface area contributed by atoms with Gasteiger partial charge >= 0.3 is 5.97 Å². The van der Waals surface area contributed by atoms with Gasteiger partial charge in [-0.3, -0.25) is 4.79 Å². The van der Waals surface area contributed by atoms with Gasteiger partial charge in [0.15, 0.2) is 18.1 Å². The summed E-state index contributed by atoms with van der Waals surface area (Å²) in [5, 5.41) is 11.5. The molecule has 0 radical (unpaired) electrons. The van der Waals surface area contributed by atoms with Gasteiger partial charge in [-0.1, -0.05) is 12.1 Å². The third-order valence-corrected chi connectivity index (χ3v) is 3.32. The Morgan fingerprint density at radius 3 is 2.57 bits per heavy atom. The standard InChI is InChI=1S/C14H19NO5S/c1-19-11-5-3-4-6-12(11)20-9-13(16)15-10(14(17)18)7-8-21-2/h3-6,10H,7-9H2,1-2H3,(H,15,16)(H,17,18)/t10-/m1/s1. The van der Waals surface area contributed by atoms with E-state index in [9.17, 15) is 9.59 Å². The van der Waals surface area contributed by atoms with E-state index in [0.717, 1.165) is 0 Å². The number of para-hydroxylation sites is 2. The smallest absolute Gasteiger partial charge is 0.326 e. The number of nitrogens with one attached hydrogen (secondary N) is 1. The number of hydrogen-bond acceptors (Lipinski definition) is 5. The van der Waals surface area contributed by atoms with E-state index < -0.39 is 17.9 Å². The van der Waals surface area contributed by atoms with Gasteiger partial charge in [0.2, 0.25) is 0 Å². The van der Waals surface area contributed by atoms with E-state index in [-0.39, 0.29) is 6.61 Å². The second-order valence-corrected chi connectivity index (χ2v) is 5.16. The summed E-state index contributed by atoms with van der Waals surface area (Å²) in [4.78, 5) is 22.8. The van der Waals surface area contributed by atoms with Crippen molar-refractivity contribution in [2.45, 2.75) is 12.5 Å². The first-order valence-electron chi connectivity index (χ1n) is 6.35. The first-order valence-corrected chi connectivity index (χ1v) is 7.74.